The molecule has 3 fully saturated rings. The first kappa shape index (κ1) is 51.0. The first-order valence-electron chi connectivity index (χ1n) is 24.3. The summed E-state index contributed by atoms with van der Waals surface area (Å²) in [6.07, 6.45) is 7.02. The number of hydrogen-bond donors (Lipinski definition) is 4. The van der Waals surface area contributed by atoms with Crippen LogP contribution in [0, 0.1) is 11.8 Å². The molecule has 2 saturated heterocycles. The fraction of sp³-hybridized carbons (Fsp3) is 0.527. The number of fused-ring (bicyclic) bond motifs is 2. The highest BCUT2D eigenvalue weighted by Crippen LogP contribution is 2.69. The van der Waals surface area contributed by atoms with Gasteiger partial charge < -0.3 is 53.6 Å². The number of rotatable bonds is 16. The van der Waals surface area contributed by atoms with Crippen molar-refractivity contribution in [2.45, 2.75) is 160 Å². The average molecular weight is 967 g/mol. The first-order chi connectivity index (χ1) is 33.1. The van der Waals surface area contributed by atoms with Crippen LogP contribution in [-0.2, 0) is 30.2 Å². The topological polar surface area (TPSA) is 214 Å². The Morgan fingerprint density at radius 2 is 1.61 bits per heavy atom. The zero-order valence-electron chi connectivity index (χ0n) is 41.5. The van der Waals surface area contributed by atoms with Crippen molar-refractivity contribution in [3.8, 4) is 23.0 Å². The molecule has 10 atom stereocenters. The number of carbonyl (C=O) groups is 4. The van der Waals surface area contributed by atoms with E-state index in [1.54, 1.807) is 19.1 Å². The minimum Gasteiger partial charge on any atom is -0.482 e. The zero-order chi connectivity index (χ0) is 50.7. The van der Waals surface area contributed by atoms with Gasteiger partial charge in [0.1, 0.15) is 52.8 Å². The van der Waals surface area contributed by atoms with Gasteiger partial charge in [0.15, 0.2) is 28.5 Å². The summed E-state index contributed by atoms with van der Waals surface area (Å²) in [5, 5.41) is 40.7. The lowest BCUT2D eigenvalue weighted by Crippen LogP contribution is -2.72. The van der Waals surface area contributed by atoms with E-state index in [2.05, 4.69) is 6.08 Å². The van der Waals surface area contributed by atoms with Gasteiger partial charge in [-0.2, -0.15) is 0 Å². The van der Waals surface area contributed by atoms with Gasteiger partial charge in [0, 0.05) is 35.0 Å². The second-order valence-corrected chi connectivity index (χ2v) is 20.7. The number of allylic oxidation sites excluding steroid dienone is 5. The van der Waals surface area contributed by atoms with E-state index >= 15 is 4.79 Å². The third kappa shape index (κ3) is 8.76. The highest BCUT2D eigenvalue weighted by Gasteiger charge is 2.81. The van der Waals surface area contributed by atoms with Crippen LogP contribution in [0.5, 0.6) is 23.0 Å². The van der Waals surface area contributed by atoms with Crippen molar-refractivity contribution in [2.24, 2.45) is 11.8 Å². The fourth-order valence-corrected chi connectivity index (χ4v) is 10.8. The first-order valence-corrected chi connectivity index (χ1v) is 24.3. The normalized spacial score (nSPS) is 31.0. The molecule has 376 valence electrons. The van der Waals surface area contributed by atoms with E-state index in [0.29, 0.717) is 48.1 Å². The van der Waals surface area contributed by atoms with Crippen molar-refractivity contribution >= 4 is 29.6 Å². The highest BCUT2D eigenvalue weighted by atomic mass is 16.7. The predicted octanol–water partition coefficient (Wildman–Crippen LogP) is 7.19. The van der Waals surface area contributed by atoms with E-state index in [1.807, 2.05) is 73.6 Å². The summed E-state index contributed by atoms with van der Waals surface area (Å²) in [4.78, 5) is 58.4. The molecular formula is C55H66O15. The summed E-state index contributed by atoms with van der Waals surface area (Å²) in [6.45, 7) is 17.0. The fourth-order valence-electron chi connectivity index (χ4n) is 10.8. The molecule has 1 spiro atoms. The van der Waals surface area contributed by atoms with E-state index in [1.165, 1.54) is 24.3 Å². The second kappa shape index (κ2) is 19.3. The minimum atomic E-state index is -1.73. The van der Waals surface area contributed by atoms with Crippen LogP contribution >= 0.6 is 0 Å². The van der Waals surface area contributed by atoms with E-state index in [9.17, 15) is 34.8 Å². The SMILES string of the molecule is CCCCOC(=O)/C(C)=C\CC12OC(C)(C)C3CC(C=C4C(=O)c5c(OC(=O)c6ccc(O[C@@H]7O[C@H](CO)[C@@H](O)[C@@H](O)[C@H]7O)cc6)c6c(c(CC=C(C)C)c5OC431)OC(C)(CCC=C(C)C)C=C6)C2=O. The molecule has 2 aromatic carbocycles. The van der Waals surface area contributed by atoms with Crippen molar-refractivity contribution in [2.75, 3.05) is 13.2 Å². The number of ketones is 2. The maximum absolute atomic E-state index is 15.8. The Morgan fingerprint density at radius 3 is 2.29 bits per heavy atom. The number of benzene rings is 2. The number of hydrogen-bond acceptors (Lipinski definition) is 15. The van der Waals surface area contributed by atoms with Crippen molar-refractivity contribution in [3.63, 3.8) is 0 Å². The lowest BCUT2D eigenvalue weighted by Gasteiger charge is -2.56. The second-order valence-electron chi connectivity index (χ2n) is 20.7. The summed E-state index contributed by atoms with van der Waals surface area (Å²) < 4.78 is 44.7. The number of carbonyl (C=O) groups excluding carboxylic acids is 4. The summed E-state index contributed by atoms with van der Waals surface area (Å²) in [5.74, 6) is -2.82. The Bertz CT molecular complexity index is 2590. The largest absolute Gasteiger partial charge is 0.482 e. The molecule has 0 radical (unpaired) electrons. The van der Waals surface area contributed by atoms with Gasteiger partial charge in [-0.1, -0.05) is 48.8 Å². The third-order valence-electron chi connectivity index (χ3n) is 14.6. The van der Waals surface area contributed by atoms with Gasteiger partial charge in [-0.15, -0.1) is 0 Å². The van der Waals surface area contributed by atoms with Crippen LogP contribution < -0.4 is 18.9 Å². The Kier molecular flexibility index (Phi) is 14.0. The molecule has 4 heterocycles. The van der Waals surface area contributed by atoms with Gasteiger partial charge in [-0.05, 0) is 124 Å². The molecule has 5 unspecified atom stereocenters. The number of ether oxygens (including phenoxy) is 7. The molecule has 3 aliphatic carbocycles. The molecule has 2 aromatic rings. The van der Waals surface area contributed by atoms with Crippen LogP contribution in [0.2, 0.25) is 0 Å². The van der Waals surface area contributed by atoms with Crippen molar-refractivity contribution < 1.29 is 72.8 Å². The van der Waals surface area contributed by atoms with Gasteiger partial charge >= 0.3 is 11.9 Å². The summed E-state index contributed by atoms with van der Waals surface area (Å²) in [7, 11) is 0. The number of Topliss-reactive ketones (excluding diaryl/α,β-unsaturated/α-hetero) is 2. The Hall–Kier alpha value is -5.42. The van der Waals surface area contributed by atoms with Crippen LogP contribution in [0.15, 0.2) is 76.9 Å². The maximum Gasteiger partial charge on any atom is 0.343 e. The molecule has 4 N–H and O–H groups in total. The van der Waals surface area contributed by atoms with Crippen molar-refractivity contribution in [3.05, 3.63) is 99.2 Å². The van der Waals surface area contributed by atoms with E-state index in [0.717, 1.165) is 17.6 Å². The Balaban J connectivity index is 1.25. The predicted molar refractivity (Wildman–Crippen MR) is 257 cm³/mol. The minimum absolute atomic E-state index is 0.0105. The van der Waals surface area contributed by atoms with Crippen molar-refractivity contribution in [1.29, 1.82) is 0 Å². The van der Waals surface area contributed by atoms with Crippen molar-refractivity contribution in [1.82, 2.24) is 0 Å². The lowest BCUT2D eigenvalue weighted by molar-refractivity contribution is -0.277. The number of unbranched alkanes of at least 4 members (excludes halogenated alkanes) is 1. The molecule has 4 bridgehead atoms. The summed E-state index contributed by atoms with van der Waals surface area (Å²) in [5.41, 5.74) is -1.63. The third-order valence-corrected chi connectivity index (χ3v) is 14.6. The van der Waals surface area contributed by atoms with Crippen LogP contribution in [-0.4, -0.2) is 110 Å². The quantitative estimate of drug-likeness (QED) is 0.0431. The zero-order valence-corrected chi connectivity index (χ0v) is 41.5. The number of aliphatic hydroxyl groups excluding tert-OH is 4. The molecule has 0 aromatic heterocycles. The summed E-state index contributed by atoms with van der Waals surface area (Å²) >= 11 is 0. The van der Waals surface area contributed by atoms with Crippen LogP contribution in [0.3, 0.4) is 0 Å². The van der Waals surface area contributed by atoms with Crippen LogP contribution in [0.1, 0.15) is 133 Å². The molecular weight excluding hydrogens is 901 g/mol. The molecule has 70 heavy (non-hydrogen) atoms. The lowest BCUT2D eigenvalue weighted by atomic mass is 9.51. The Morgan fingerprint density at radius 1 is 0.900 bits per heavy atom. The number of aliphatic hydroxyl groups is 4. The van der Waals surface area contributed by atoms with Crippen LogP contribution in [0.25, 0.3) is 6.08 Å². The molecule has 0 amide bonds. The van der Waals surface area contributed by atoms with Crippen LogP contribution in [0.4, 0.5) is 0 Å². The van der Waals surface area contributed by atoms with E-state index in [-0.39, 0.29) is 59.2 Å². The molecule has 7 aliphatic rings. The summed E-state index contributed by atoms with van der Waals surface area (Å²) in [6, 6.07) is 5.66. The van der Waals surface area contributed by atoms with E-state index < -0.39 is 89.3 Å². The number of esters is 2. The average Bonchev–Trinajstić information content (AvgIpc) is 3.47. The monoisotopic (exact) mass is 966 g/mol. The Labute approximate surface area is 408 Å². The molecule has 15 heteroatoms. The van der Waals surface area contributed by atoms with Gasteiger partial charge in [0.05, 0.1) is 29.9 Å². The maximum atomic E-state index is 15.8. The standard InChI is InChI=1S/C55H66O15/c1-10-11-25-64-49(62)31(6)20-24-54-48(61)33-26-37-41(57)40-46(67-50(63)32-15-17-34(18-16-32)65-51-44(60)43(59)42(58)38(28-56)66-51)36-21-23-53(9,22-12-13-29(2)3)68-45(36)35(19-14-30(4)5)47(40)69-55(37,54)39(27-33)52(7,8)70-54/h13-18,20-21,23,26,33,38-39,42-44,51,56,58-60H,10-12,19,22,24-25,27-28H2,1-9H3/b31-20-/t33?,38-,39?,42-,43-,44-,51-,53?,54?,55?/m1/s1. The van der Waals surface area contributed by atoms with Gasteiger partial charge in [-0.25, -0.2) is 9.59 Å². The molecule has 1 saturated carbocycles. The van der Waals surface area contributed by atoms with Gasteiger partial charge in [-0.3, -0.25) is 9.59 Å². The molecule has 9 rings (SSSR count). The van der Waals surface area contributed by atoms with Gasteiger partial charge in [0.2, 0.25) is 6.29 Å². The van der Waals surface area contributed by atoms with E-state index in [4.69, 9.17) is 33.2 Å². The molecule has 15 nitrogen and oxygen atoms in total. The van der Waals surface area contributed by atoms with Gasteiger partial charge in [0.25, 0.3) is 0 Å². The molecule has 4 aliphatic heterocycles. The smallest absolute Gasteiger partial charge is 0.343 e. The highest BCUT2D eigenvalue weighted by molar-refractivity contribution is 6.19.